The van der Waals surface area contributed by atoms with Crippen molar-refractivity contribution in [1.82, 2.24) is 77.1 Å². The summed E-state index contributed by atoms with van der Waals surface area (Å²) in [5, 5.41) is 4.42. The van der Waals surface area contributed by atoms with Gasteiger partial charge in [-0.25, -0.2) is 49.5 Å². The highest BCUT2D eigenvalue weighted by atomic mass is 35.5. The summed E-state index contributed by atoms with van der Waals surface area (Å²) >= 11 is 54.3. The molecule has 1 N–H and O–H groups in total. The van der Waals surface area contributed by atoms with E-state index < -0.39 is 34.6 Å². The van der Waals surface area contributed by atoms with Gasteiger partial charge in [0.1, 0.15) is 61.1 Å². The first-order valence-corrected chi connectivity index (χ1v) is 47.7. The molecule has 736 valence electrons. The summed E-state index contributed by atoms with van der Waals surface area (Å²) in [5.41, 5.74) is 2.22. The van der Waals surface area contributed by atoms with Crippen molar-refractivity contribution in [3.63, 3.8) is 0 Å². The Hall–Kier alpha value is -11.9. The van der Waals surface area contributed by atoms with Crippen LogP contribution in [0, 0.1) is 5.41 Å². The lowest BCUT2D eigenvalue weighted by molar-refractivity contribution is -0.138. The highest BCUT2D eigenvalue weighted by molar-refractivity contribution is 6.40. The van der Waals surface area contributed by atoms with Gasteiger partial charge in [0.25, 0.3) is 0 Å². The summed E-state index contributed by atoms with van der Waals surface area (Å²) in [6.07, 6.45) is 35.5. The number of hydrogen-bond donors (Lipinski definition) is 1. The molecule has 37 heteroatoms. The number of rotatable bonds is 29. The molecule has 0 aliphatic carbocycles. The zero-order chi connectivity index (χ0) is 101. The van der Waals surface area contributed by atoms with Crippen molar-refractivity contribution in [1.29, 1.82) is 0 Å². The van der Waals surface area contributed by atoms with Gasteiger partial charge in [-0.1, -0.05) is 242 Å². The van der Waals surface area contributed by atoms with Crippen LogP contribution < -0.4 is 9.47 Å². The molecule has 3 unspecified atom stereocenters. The summed E-state index contributed by atoms with van der Waals surface area (Å²) in [6, 6.07) is 55.4. The number of imidazole rings is 7. The molecule has 1 aliphatic heterocycles. The fourth-order valence-corrected chi connectivity index (χ4v) is 16.7. The second kappa shape index (κ2) is 54.2. The number of nitrogens with one attached hydrogen (secondary N) is 1. The van der Waals surface area contributed by atoms with Crippen molar-refractivity contribution in [2.24, 2.45) is 10.4 Å². The van der Waals surface area contributed by atoms with Crippen molar-refractivity contribution in [3.8, 4) is 11.5 Å². The Kier molecular flexibility index (Phi) is 42.7. The smallest absolute Gasteiger partial charge is 0.418 e. The summed E-state index contributed by atoms with van der Waals surface area (Å²) in [4.78, 5) is 76.0. The van der Waals surface area contributed by atoms with Crippen molar-refractivity contribution in [3.05, 3.63) is 404 Å². The third-order valence-corrected chi connectivity index (χ3v) is 23.5. The molecule has 0 radical (unpaired) electrons. The van der Waals surface area contributed by atoms with Gasteiger partial charge in [-0.2, -0.15) is 13.2 Å². The number of benzene rings is 8. The maximum Gasteiger partial charge on any atom is 0.418 e. The number of amides is 2. The van der Waals surface area contributed by atoms with E-state index in [4.69, 9.17) is 128 Å². The number of halogens is 12. The van der Waals surface area contributed by atoms with Crippen LogP contribution in [0.2, 0.25) is 45.2 Å². The Bertz CT molecular complexity index is 6170. The number of carbonyl (C=O) groups excluding carboxylic acids is 3. The number of Topliss-reactive ketones (excluding diaryl/α,β-unsaturated/α-hetero) is 1. The fraction of sp³-hybridized carbons (Fsp3) is 0.272. The standard InChI is InChI=1S/C22H17ClN2.C19H24ClN3O2.C15H16Cl3N3O2.C15H15ClF3N3O.C15H17ClN2O2.C14H14Cl2N2O.C3H4N2/c23-21-14-8-7-13-20(21)22(25-16-15-24-17-25,18-9-3-1-4-10-18)19-11-5-2-6-12-19;1-18(2)13-25-19(3,23(18)17(24)22-12-11-21-14-22)10-4-5-15-6-8-16(20)9-7-15;1-2-4-20(15(22)21-5-3-19-10-21)6-7-23-14-12(17)8-11(16)9-13(14)18;1-2-7-23-9-14(22-6-5-20-10-22)21-13-4-3-11(16)8-12(13)15(17,18)19;1-15(2,3)13(19)14(18-9-8-17-10-18)20-12-6-4-11(16)5-7-12;1-2-7-19-14(9-18-6-5-17-10-18)12-4-3-11(15)8-13(12)16;1-2-5-3-4-1/h1-17H;6-9,11-12,14H,4-5,10,13H2,1-3H3;3,5,8-10H,2,4,6-7H2,1H3;3-6,8,10H,2,7,9H2,1H3;4-10,14H,1-3H3;2-6,8,10,14H,1,7,9H2;1-3H,(H,4,5). The number of H-pyrrole nitrogens is 1. The second-order valence-corrected chi connectivity index (χ2v) is 36.9. The first-order chi connectivity index (χ1) is 67.2. The minimum absolute atomic E-state index is 0.00249. The largest absolute Gasteiger partial charge is 0.489 e. The molecule has 3 atom stereocenters. The number of aromatic nitrogens is 14. The van der Waals surface area contributed by atoms with Crippen LogP contribution in [0.3, 0.4) is 0 Å². The average molecular weight is 2090 g/mol. The lowest BCUT2D eigenvalue weighted by Gasteiger charge is -2.39. The third-order valence-electron chi connectivity index (χ3n) is 21.1. The molecule has 15 aromatic rings. The van der Waals surface area contributed by atoms with E-state index >= 15 is 0 Å². The van der Waals surface area contributed by atoms with Gasteiger partial charge in [0.2, 0.25) is 6.23 Å². The van der Waals surface area contributed by atoms with Gasteiger partial charge in [-0.15, -0.1) is 6.58 Å². The van der Waals surface area contributed by atoms with E-state index in [1.807, 2.05) is 144 Å². The molecular weight excluding hydrogens is 1980 g/mol. The highest BCUT2D eigenvalue weighted by Crippen LogP contribution is 2.45. The van der Waals surface area contributed by atoms with Crippen LogP contribution >= 0.6 is 104 Å². The average Bonchev–Trinajstić information content (AvgIpc) is 1.12. The van der Waals surface area contributed by atoms with Gasteiger partial charge in [0.15, 0.2) is 11.5 Å². The Labute approximate surface area is 857 Å². The van der Waals surface area contributed by atoms with Crippen molar-refractivity contribution >= 4 is 134 Å². The topological polar surface area (TPSA) is 252 Å². The summed E-state index contributed by atoms with van der Waals surface area (Å²) in [7, 11) is 0. The van der Waals surface area contributed by atoms with Gasteiger partial charge >= 0.3 is 18.2 Å². The molecule has 0 bridgehead atoms. The Morgan fingerprint density at radius 1 is 0.579 bits per heavy atom. The number of carbonyl (C=O) groups is 3. The lowest BCUT2D eigenvalue weighted by Crippen LogP contribution is -2.55. The quantitative estimate of drug-likeness (QED) is 0.0150. The van der Waals surface area contributed by atoms with Crippen molar-refractivity contribution in [2.75, 3.05) is 46.1 Å². The third kappa shape index (κ3) is 32.1. The van der Waals surface area contributed by atoms with Crippen LogP contribution in [-0.2, 0) is 43.7 Å². The Morgan fingerprint density at radius 2 is 1.15 bits per heavy atom. The van der Waals surface area contributed by atoms with E-state index in [9.17, 15) is 27.6 Å². The first kappa shape index (κ1) is 110. The predicted molar refractivity (Wildman–Crippen MR) is 548 cm³/mol. The van der Waals surface area contributed by atoms with Gasteiger partial charge in [-0.05, 0) is 154 Å². The summed E-state index contributed by atoms with van der Waals surface area (Å²) in [5.74, 6) is 1.24. The van der Waals surface area contributed by atoms with Crippen LogP contribution in [0.4, 0.5) is 28.4 Å². The van der Waals surface area contributed by atoms with Gasteiger partial charge in [0, 0.05) is 152 Å². The summed E-state index contributed by atoms with van der Waals surface area (Å²) < 4.78 is 78.3. The number of aryl methyl sites for hydroxylation is 1. The maximum absolute atomic E-state index is 13.1. The molecule has 1 saturated heterocycles. The fourth-order valence-electron chi connectivity index (χ4n) is 14.5. The maximum atomic E-state index is 13.1. The monoisotopic (exact) mass is 2080 g/mol. The molecule has 1 fully saturated rings. The van der Waals surface area contributed by atoms with E-state index in [2.05, 4.69) is 111 Å². The van der Waals surface area contributed by atoms with Crippen molar-refractivity contribution in [2.45, 2.75) is 129 Å². The van der Waals surface area contributed by atoms with E-state index in [-0.39, 0.29) is 53.4 Å². The minimum atomic E-state index is -4.55. The molecule has 1 aliphatic rings. The number of nitrogens with zero attached hydrogens (tertiary/aromatic N) is 16. The van der Waals surface area contributed by atoms with Crippen molar-refractivity contribution < 1.29 is 51.2 Å². The van der Waals surface area contributed by atoms with Gasteiger partial charge in [0.05, 0.1) is 78.4 Å². The molecule has 25 nitrogen and oxygen atoms in total. The number of ether oxygens (including phenoxy) is 5. The molecular formula is C103H107Cl9F3N17O8. The van der Waals surface area contributed by atoms with Gasteiger partial charge < -0.3 is 42.7 Å². The number of aromatic amines is 1. The number of ketones is 1. The number of alkyl halides is 3. The number of aliphatic imine (C=N–C) groups is 1. The minimum Gasteiger partial charge on any atom is -0.489 e. The first-order valence-electron chi connectivity index (χ1n) is 44.3. The van der Waals surface area contributed by atoms with Gasteiger partial charge in [-0.3, -0.25) is 28.0 Å². The SMILES string of the molecule is C=CCOC(Cn1ccnc1)c1ccc(Cl)cc1Cl.CC(C)(C)C(=O)C(Oc1ccc(Cl)cc1)n1ccnc1.CC1(C)COC(C)(CCCc2ccc(Cl)cc2)N1C(=O)n1ccnc1.CCCN(CCOc1c(Cl)cc(Cl)cc1Cl)C(=O)n1ccnc1.CCCOCC(=Nc1ccc(Cl)cc1C(F)(F)F)n1ccnc1.Clc1ccccc1C(c1ccccc1)(c1ccccc1)n1ccnc1.c1c[nH]cn1. The second-order valence-electron chi connectivity index (χ2n) is 33.1. The molecule has 8 heterocycles. The van der Waals surface area contributed by atoms with Crippen LogP contribution in [0.25, 0.3) is 0 Å². The predicted octanol–water partition coefficient (Wildman–Crippen LogP) is 27.2. The van der Waals surface area contributed by atoms with E-state index in [0.29, 0.717) is 86.9 Å². The zero-order valence-electron chi connectivity index (χ0n) is 78.0. The molecule has 16 rings (SSSR count). The zero-order valence-corrected chi connectivity index (χ0v) is 84.8. The molecule has 0 saturated carbocycles. The van der Waals surface area contributed by atoms with Crippen LogP contribution in [0.15, 0.2) is 331 Å². The summed E-state index contributed by atoms with van der Waals surface area (Å²) in [6.45, 7) is 22.7. The Morgan fingerprint density at radius 3 is 1.69 bits per heavy atom. The molecule has 7 aromatic heterocycles. The van der Waals surface area contributed by atoms with Crippen LogP contribution in [0.5, 0.6) is 11.5 Å². The van der Waals surface area contributed by atoms with Crippen LogP contribution in [0.1, 0.15) is 127 Å². The number of hydrogen-bond acceptors (Lipinski definition) is 16. The lowest BCUT2D eigenvalue weighted by atomic mass is 9.76. The van der Waals surface area contributed by atoms with E-state index in [0.717, 1.165) is 70.5 Å². The molecule has 140 heavy (non-hydrogen) atoms. The van der Waals surface area contributed by atoms with Crippen LogP contribution in [-0.4, -0.2) is 158 Å². The molecule has 0 spiro atoms. The normalized spacial score (nSPS) is 13.7. The highest BCUT2D eigenvalue weighted by Gasteiger charge is 2.52. The Balaban J connectivity index is 0.000000171. The molecule has 2 amide bonds. The van der Waals surface area contributed by atoms with E-state index in [1.54, 1.807) is 151 Å². The molecule has 8 aromatic carbocycles. The van der Waals surface area contributed by atoms with E-state index in [1.165, 1.54) is 56.6 Å².